The van der Waals surface area contributed by atoms with Crippen molar-refractivity contribution >= 4 is 16.5 Å². The molecule has 1 aromatic heterocycles. The molecule has 2 N–H and O–H groups in total. The molecule has 0 aliphatic carbocycles. The molecule has 0 saturated heterocycles. The molecule has 13 heavy (non-hydrogen) atoms. The van der Waals surface area contributed by atoms with Crippen LogP contribution < -0.4 is 5.32 Å². The van der Waals surface area contributed by atoms with Crippen molar-refractivity contribution in [3.8, 4) is 0 Å². The minimum atomic E-state index is 0.309. The van der Waals surface area contributed by atoms with Gasteiger partial charge in [-0.15, -0.1) is 10.2 Å². The van der Waals surface area contributed by atoms with Crippen molar-refractivity contribution in [3.63, 3.8) is 0 Å². The van der Waals surface area contributed by atoms with Crippen molar-refractivity contribution < 1.29 is 5.11 Å². The third-order valence-corrected chi connectivity index (χ3v) is 2.37. The predicted molar refractivity (Wildman–Crippen MR) is 54.0 cm³/mol. The fourth-order valence-electron chi connectivity index (χ4n) is 1.04. The maximum atomic E-state index is 8.54. The highest BCUT2D eigenvalue weighted by molar-refractivity contribution is 7.13. The third kappa shape index (κ3) is 4.80. The predicted octanol–water partition coefficient (Wildman–Crippen LogP) is 1.50. The Hall–Kier alpha value is -0.680. The number of nitrogens with one attached hydrogen (secondary N) is 1. The molecule has 0 saturated carbocycles. The van der Waals surface area contributed by atoms with Gasteiger partial charge < -0.3 is 10.4 Å². The fourth-order valence-corrected chi connectivity index (χ4v) is 1.51. The number of anilines is 1. The molecule has 74 valence electrons. The topological polar surface area (TPSA) is 58.0 Å². The first-order chi connectivity index (χ1) is 6.43. The summed E-state index contributed by atoms with van der Waals surface area (Å²) < 4.78 is 0. The zero-order valence-corrected chi connectivity index (χ0v) is 8.39. The molecule has 1 heterocycles. The zero-order valence-electron chi connectivity index (χ0n) is 7.57. The van der Waals surface area contributed by atoms with E-state index in [1.807, 2.05) is 0 Å². The van der Waals surface area contributed by atoms with Gasteiger partial charge in [0.1, 0.15) is 5.51 Å². The second-order valence-electron chi connectivity index (χ2n) is 2.81. The van der Waals surface area contributed by atoms with Gasteiger partial charge in [0.2, 0.25) is 5.13 Å². The van der Waals surface area contributed by atoms with E-state index in [1.165, 1.54) is 11.3 Å². The Morgan fingerprint density at radius 2 is 2.15 bits per heavy atom. The molecule has 4 nitrogen and oxygen atoms in total. The monoisotopic (exact) mass is 201 g/mol. The molecule has 0 aliphatic heterocycles. The molecule has 0 aromatic carbocycles. The van der Waals surface area contributed by atoms with Crippen LogP contribution in [0, 0.1) is 0 Å². The first-order valence-electron chi connectivity index (χ1n) is 4.54. The lowest BCUT2D eigenvalue weighted by Crippen LogP contribution is -2.01. The molecule has 0 aliphatic rings. The lowest BCUT2D eigenvalue weighted by atomic mass is 10.2. The van der Waals surface area contributed by atoms with Crippen molar-refractivity contribution in [1.29, 1.82) is 0 Å². The van der Waals surface area contributed by atoms with Crippen molar-refractivity contribution in [3.05, 3.63) is 5.51 Å². The van der Waals surface area contributed by atoms with Gasteiger partial charge in [-0.3, -0.25) is 0 Å². The number of hydrogen-bond acceptors (Lipinski definition) is 5. The molecule has 0 amide bonds. The summed E-state index contributed by atoms with van der Waals surface area (Å²) >= 11 is 1.52. The van der Waals surface area contributed by atoms with Gasteiger partial charge in [0, 0.05) is 13.2 Å². The summed E-state index contributed by atoms with van der Waals surface area (Å²) in [6.45, 7) is 1.25. The lowest BCUT2D eigenvalue weighted by Gasteiger charge is -2.00. The molecule has 0 unspecified atom stereocenters. The third-order valence-electron chi connectivity index (χ3n) is 1.72. The summed E-state index contributed by atoms with van der Waals surface area (Å²) in [7, 11) is 0. The van der Waals surface area contributed by atoms with Gasteiger partial charge in [0.15, 0.2) is 0 Å². The number of aliphatic hydroxyl groups excluding tert-OH is 1. The van der Waals surface area contributed by atoms with E-state index < -0.39 is 0 Å². The summed E-state index contributed by atoms with van der Waals surface area (Å²) in [5.74, 6) is 0. The Bertz CT molecular complexity index is 203. The smallest absolute Gasteiger partial charge is 0.205 e. The maximum absolute atomic E-state index is 8.54. The van der Waals surface area contributed by atoms with E-state index >= 15 is 0 Å². The normalized spacial score (nSPS) is 10.2. The fraction of sp³-hybridized carbons (Fsp3) is 0.750. The first-order valence-corrected chi connectivity index (χ1v) is 5.42. The molecule has 0 spiro atoms. The molecule has 0 radical (unpaired) electrons. The SMILES string of the molecule is OCCCCCCNc1nncs1. The van der Waals surface area contributed by atoms with Gasteiger partial charge >= 0.3 is 0 Å². The summed E-state index contributed by atoms with van der Waals surface area (Å²) in [6.07, 6.45) is 4.30. The van der Waals surface area contributed by atoms with E-state index in [4.69, 9.17) is 5.11 Å². The van der Waals surface area contributed by atoms with Gasteiger partial charge in [-0.1, -0.05) is 24.2 Å². The van der Waals surface area contributed by atoms with Gasteiger partial charge in [-0.2, -0.15) is 0 Å². The number of aliphatic hydroxyl groups is 1. The molecule has 1 rings (SSSR count). The van der Waals surface area contributed by atoms with Crippen LogP contribution >= 0.6 is 11.3 Å². The summed E-state index contributed by atoms with van der Waals surface area (Å²) in [5.41, 5.74) is 1.72. The highest BCUT2D eigenvalue weighted by atomic mass is 32.1. The highest BCUT2D eigenvalue weighted by Crippen LogP contribution is 2.08. The summed E-state index contributed by atoms with van der Waals surface area (Å²) in [6, 6.07) is 0. The van der Waals surface area contributed by atoms with E-state index in [0.717, 1.165) is 37.4 Å². The quantitative estimate of drug-likeness (QED) is 0.656. The van der Waals surface area contributed by atoms with E-state index in [2.05, 4.69) is 15.5 Å². The molecule has 5 heteroatoms. The largest absolute Gasteiger partial charge is 0.396 e. The Labute approximate surface area is 82.0 Å². The average molecular weight is 201 g/mol. The molecule has 0 bridgehead atoms. The van der Waals surface area contributed by atoms with Crippen LogP contribution in [-0.2, 0) is 0 Å². The van der Waals surface area contributed by atoms with Crippen molar-refractivity contribution in [2.45, 2.75) is 25.7 Å². The molecule has 0 atom stereocenters. The zero-order chi connectivity index (χ0) is 9.36. The van der Waals surface area contributed by atoms with Crippen LogP contribution in [0.4, 0.5) is 5.13 Å². The van der Waals surface area contributed by atoms with Crippen LogP contribution in [0.5, 0.6) is 0 Å². The van der Waals surface area contributed by atoms with Crippen LogP contribution in [0.15, 0.2) is 5.51 Å². The standard InChI is InChI=1S/C8H15N3OS/c12-6-4-2-1-3-5-9-8-11-10-7-13-8/h7,12H,1-6H2,(H,9,11). The van der Waals surface area contributed by atoms with Crippen LogP contribution in [-0.4, -0.2) is 28.5 Å². The second-order valence-corrected chi connectivity index (χ2v) is 3.64. The number of unbranched alkanes of at least 4 members (excludes halogenated alkanes) is 3. The molecular weight excluding hydrogens is 186 g/mol. The number of nitrogens with zero attached hydrogens (tertiary/aromatic N) is 2. The van der Waals surface area contributed by atoms with Gasteiger partial charge in [0.25, 0.3) is 0 Å². The van der Waals surface area contributed by atoms with E-state index in [-0.39, 0.29) is 0 Å². The molecular formula is C8H15N3OS. The number of hydrogen-bond donors (Lipinski definition) is 2. The van der Waals surface area contributed by atoms with Crippen molar-refractivity contribution in [2.24, 2.45) is 0 Å². The van der Waals surface area contributed by atoms with E-state index in [1.54, 1.807) is 5.51 Å². The van der Waals surface area contributed by atoms with Gasteiger partial charge in [0.05, 0.1) is 0 Å². The Morgan fingerprint density at radius 3 is 2.85 bits per heavy atom. The molecule has 1 aromatic rings. The highest BCUT2D eigenvalue weighted by Gasteiger charge is 1.93. The van der Waals surface area contributed by atoms with Crippen LogP contribution in [0.3, 0.4) is 0 Å². The lowest BCUT2D eigenvalue weighted by molar-refractivity contribution is 0.283. The first kappa shape index (κ1) is 10.4. The number of aromatic nitrogens is 2. The average Bonchev–Trinajstić information content (AvgIpc) is 2.63. The summed E-state index contributed by atoms with van der Waals surface area (Å²) in [4.78, 5) is 0. The van der Waals surface area contributed by atoms with E-state index in [9.17, 15) is 0 Å². The van der Waals surface area contributed by atoms with Crippen LogP contribution in [0.25, 0.3) is 0 Å². The van der Waals surface area contributed by atoms with Gasteiger partial charge in [-0.05, 0) is 12.8 Å². The minimum Gasteiger partial charge on any atom is -0.396 e. The summed E-state index contributed by atoms with van der Waals surface area (Å²) in [5, 5.41) is 20.2. The van der Waals surface area contributed by atoms with Crippen molar-refractivity contribution in [2.75, 3.05) is 18.5 Å². The van der Waals surface area contributed by atoms with Crippen molar-refractivity contribution in [1.82, 2.24) is 10.2 Å². The van der Waals surface area contributed by atoms with Gasteiger partial charge in [-0.25, -0.2) is 0 Å². The maximum Gasteiger partial charge on any atom is 0.205 e. The Balaban J connectivity index is 1.90. The number of rotatable bonds is 7. The minimum absolute atomic E-state index is 0.309. The second kappa shape index (κ2) is 6.80. The van der Waals surface area contributed by atoms with E-state index in [0.29, 0.717) is 6.61 Å². The van der Waals surface area contributed by atoms with Crippen LogP contribution in [0.2, 0.25) is 0 Å². The van der Waals surface area contributed by atoms with Crippen LogP contribution in [0.1, 0.15) is 25.7 Å². The Kier molecular flexibility index (Phi) is 5.44. The molecule has 0 fully saturated rings. The Morgan fingerprint density at radius 1 is 1.31 bits per heavy atom.